The Kier molecular flexibility index (Phi) is 4.37. The molecular weight excluding hydrogens is 388 g/mol. The molecule has 6 nitrogen and oxygen atoms in total. The number of pyridine rings is 1. The number of aromatic nitrogens is 2. The molecule has 0 saturated carbocycles. The third-order valence-electron chi connectivity index (χ3n) is 6.63. The number of hydrogen-bond donors (Lipinski definition) is 0. The van der Waals surface area contributed by atoms with E-state index in [4.69, 9.17) is 9.40 Å². The van der Waals surface area contributed by atoms with Gasteiger partial charge in [0.2, 0.25) is 5.89 Å². The van der Waals surface area contributed by atoms with Crippen molar-refractivity contribution in [1.82, 2.24) is 9.55 Å². The Hall–Kier alpha value is -3.59. The number of para-hydroxylation sites is 2. The van der Waals surface area contributed by atoms with Gasteiger partial charge in [0.1, 0.15) is 17.1 Å². The quantitative estimate of drug-likeness (QED) is 0.487. The van der Waals surface area contributed by atoms with Gasteiger partial charge in [-0.25, -0.2) is 4.98 Å². The van der Waals surface area contributed by atoms with Crippen molar-refractivity contribution in [3.8, 4) is 6.07 Å². The molecule has 2 aromatic heterocycles. The summed E-state index contributed by atoms with van der Waals surface area (Å²) < 4.78 is 7.65. The van der Waals surface area contributed by atoms with Crippen LogP contribution in [0.2, 0.25) is 0 Å². The summed E-state index contributed by atoms with van der Waals surface area (Å²) in [5.41, 5.74) is 4.16. The number of oxazole rings is 1. The number of anilines is 1. The molecule has 0 N–H and O–H groups in total. The van der Waals surface area contributed by atoms with Crippen LogP contribution in [0.1, 0.15) is 36.8 Å². The monoisotopic (exact) mass is 412 g/mol. The minimum absolute atomic E-state index is 0.187. The van der Waals surface area contributed by atoms with Crippen LogP contribution in [0, 0.1) is 18.3 Å². The average molecular weight is 412 g/mol. The number of nitriles is 1. The molecule has 6 heteroatoms. The van der Waals surface area contributed by atoms with Crippen molar-refractivity contribution in [2.45, 2.75) is 32.1 Å². The van der Waals surface area contributed by atoms with Crippen LogP contribution in [0.5, 0.6) is 0 Å². The molecule has 5 rings (SSSR count). The van der Waals surface area contributed by atoms with Crippen LogP contribution in [-0.2, 0) is 12.5 Å². The maximum atomic E-state index is 12.9. The number of piperidine rings is 1. The van der Waals surface area contributed by atoms with Crippen LogP contribution in [0.3, 0.4) is 0 Å². The lowest BCUT2D eigenvalue weighted by Gasteiger charge is -2.39. The standard InChI is InChI=1S/C25H24N4O2/c1-16-8-9-20-17(14-16)22(18(15-26)23(30)28(20)3)29-12-10-25(2,11-13-29)24-27-19-6-4-5-7-21(19)31-24/h4-9,14H,10-13H2,1-3H3. The molecule has 0 amide bonds. The van der Waals surface area contributed by atoms with Gasteiger partial charge in [-0.3, -0.25) is 4.79 Å². The number of fused-ring (bicyclic) bond motifs is 2. The van der Waals surface area contributed by atoms with Crippen LogP contribution in [0.4, 0.5) is 5.69 Å². The van der Waals surface area contributed by atoms with E-state index >= 15 is 0 Å². The van der Waals surface area contributed by atoms with Crippen molar-refractivity contribution in [2.75, 3.05) is 18.0 Å². The van der Waals surface area contributed by atoms with E-state index < -0.39 is 0 Å². The highest BCUT2D eigenvalue weighted by molar-refractivity contribution is 5.95. The Labute approximate surface area is 180 Å². The van der Waals surface area contributed by atoms with Gasteiger partial charge in [0, 0.05) is 30.9 Å². The molecule has 2 aromatic carbocycles. The van der Waals surface area contributed by atoms with E-state index in [1.807, 2.05) is 43.3 Å². The minimum Gasteiger partial charge on any atom is -0.440 e. The summed E-state index contributed by atoms with van der Waals surface area (Å²) in [5.74, 6) is 0.763. The van der Waals surface area contributed by atoms with E-state index in [1.54, 1.807) is 11.6 Å². The van der Waals surface area contributed by atoms with E-state index in [-0.39, 0.29) is 16.5 Å². The zero-order valence-corrected chi connectivity index (χ0v) is 18.0. The minimum atomic E-state index is -0.249. The highest BCUT2D eigenvalue weighted by atomic mass is 16.3. The van der Waals surface area contributed by atoms with Crippen molar-refractivity contribution in [1.29, 1.82) is 5.26 Å². The molecule has 0 atom stereocenters. The first kappa shape index (κ1) is 19.4. The molecule has 0 unspecified atom stereocenters. The highest BCUT2D eigenvalue weighted by Gasteiger charge is 2.37. The van der Waals surface area contributed by atoms with Crippen molar-refractivity contribution < 1.29 is 4.42 Å². The summed E-state index contributed by atoms with van der Waals surface area (Å²) in [5, 5.41) is 10.8. The number of aryl methyl sites for hydroxylation is 2. The van der Waals surface area contributed by atoms with Crippen molar-refractivity contribution in [2.24, 2.45) is 7.05 Å². The van der Waals surface area contributed by atoms with Gasteiger partial charge in [0.15, 0.2) is 5.58 Å². The SMILES string of the molecule is Cc1ccc2c(c1)c(N1CCC(C)(c3nc4ccccc4o3)CC1)c(C#N)c(=O)n2C. The molecule has 0 bridgehead atoms. The summed E-state index contributed by atoms with van der Waals surface area (Å²) in [6, 6.07) is 16.0. The molecule has 1 aliphatic rings. The molecule has 1 saturated heterocycles. The second kappa shape index (κ2) is 6.98. The second-order valence-corrected chi connectivity index (χ2v) is 8.75. The van der Waals surface area contributed by atoms with Gasteiger partial charge in [-0.1, -0.05) is 30.7 Å². The highest BCUT2D eigenvalue weighted by Crippen LogP contribution is 2.39. The number of nitrogens with zero attached hydrogens (tertiary/aromatic N) is 4. The fourth-order valence-corrected chi connectivity index (χ4v) is 4.64. The molecule has 3 heterocycles. The predicted octanol–water partition coefficient (Wildman–Crippen LogP) is 4.42. The lowest BCUT2D eigenvalue weighted by Crippen LogP contribution is -2.42. The third-order valence-corrected chi connectivity index (χ3v) is 6.63. The Bertz CT molecular complexity index is 1380. The molecule has 4 aromatic rings. The number of hydrogen-bond acceptors (Lipinski definition) is 5. The summed E-state index contributed by atoms with van der Waals surface area (Å²) in [6.07, 6.45) is 1.65. The predicted molar refractivity (Wildman–Crippen MR) is 121 cm³/mol. The first-order valence-electron chi connectivity index (χ1n) is 10.6. The van der Waals surface area contributed by atoms with E-state index in [1.165, 1.54) is 0 Å². The zero-order chi connectivity index (χ0) is 21.8. The topological polar surface area (TPSA) is 75.1 Å². The number of benzene rings is 2. The number of rotatable bonds is 2. The van der Waals surface area contributed by atoms with Gasteiger partial charge in [-0.2, -0.15) is 5.26 Å². The zero-order valence-electron chi connectivity index (χ0n) is 18.0. The second-order valence-electron chi connectivity index (χ2n) is 8.75. The Balaban J connectivity index is 1.55. The van der Waals surface area contributed by atoms with Gasteiger partial charge in [-0.05, 0) is 44.0 Å². The fraction of sp³-hybridized carbons (Fsp3) is 0.320. The van der Waals surface area contributed by atoms with Gasteiger partial charge < -0.3 is 13.9 Å². The summed E-state index contributed by atoms with van der Waals surface area (Å²) >= 11 is 0. The first-order chi connectivity index (χ1) is 14.9. The molecule has 0 aliphatic carbocycles. The van der Waals surface area contributed by atoms with E-state index in [0.717, 1.165) is 65.1 Å². The largest absolute Gasteiger partial charge is 0.440 e. The Morgan fingerprint density at radius 2 is 1.90 bits per heavy atom. The molecule has 1 aliphatic heterocycles. The van der Waals surface area contributed by atoms with Crippen LogP contribution in [0.15, 0.2) is 51.7 Å². The van der Waals surface area contributed by atoms with E-state index in [0.29, 0.717) is 0 Å². The molecule has 156 valence electrons. The average Bonchev–Trinajstić information content (AvgIpc) is 3.22. The van der Waals surface area contributed by atoms with Crippen LogP contribution in [-0.4, -0.2) is 22.6 Å². The molecule has 31 heavy (non-hydrogen) atoms. The lowest BCUT2D eigenvalue weighted by molar-refractivity contribution is 0.292. The van der Waals surface area contributed by atoms with Gasteiger partial charge >= 0.3 is 0 Å². The lowest BCUT2D eigenvalue weighted by atomic mass is 9.80. The molecule has 0 spiro atoms. The molecule has 0 radical (unpaired) electrons. The normalized spacial score (nSPS) is 16.0. The Morgan fingerprint density at radius 1 is 1.16 bits per heavy atom. The van der Waals surface area contributed by atoms with Crippen molar-refractivity contribution in [3.63, 3.8) is 0 Å². The summed E-state index contributed by atoms with van der Waals surface area (Å²) in [7, 11) is 1.73. The third kappa shape index (κ3) is 3.00. The summed E-state index contributed by atoms with van der Waals surface area (Å²) in [6.45, 7) is 5.66. The van der Waals surface area contributed by atoms with E-state index in [9.17, 15) is 10.1 Å². The maximum absolute atomic E-state index is 12.9. The molecular formula is C25H24N4O2. The van der Waals surface area contributed by atoms with Crippen molar-refractivity contribution >= 4 is 27.7 Å². The smallest absolute Gasteiger partial charge is 0.270 e. The Morgan fingerprint density at radius 3 is 2.61 bits per heavy atom. The first-order valence-corrected chi connectivity index (χ1v) is 10.6. The van der Waals surface area contributed by atoms with E-state index in [2.05, 4.69) is 24.0 Å². The maximum Gasteiger partial charge on any atom is 0.270 e. The molecule has 1 fully saturated rings. The van der Waals surface area contributed by atoms with Crippen LogP contribution in [0.25, 0.3) is 22.0 Å². The fourth-order valence-electron chi connectivity index (χ4n) is 4.64. The van der Waals surface area contributed by atoms with Crippen molar-refractivity contribution in [3.05, 3.63) is 69.8 Å². The van der Waals surface area contributed by atoms with Crippen LogP contribution >= 0.6 is 0 Å². The van der Waals surface area contributed by atoms with Gasteiger partial charge in [0.05, 0.1) is 11.2 Å². The van der Waals surface area contributed by atoms with Gasteiger partial charge in [0.25, 0.3) is 5.56 Å². The summed E-state index contributed by atoms with van der Waals surface area (Å²) in [4.78, 5) is 19.8. The van der Waals surface area contributed by atoms with Gasteiger partial charge in [-0.15, -0.1) is 0 Å². The van der Waals surface area contributed by atoms with Crippen LogP contribution < -0.4 is 10.5 Å².